The van der Waals surface area contributed by atoms with Crippen LogP contribution >= 0.6 is 11.3 Å². The topological polar surface area (TPSA) is 16.4 Å². The van der Waals surface area contributed by atoms with Gasteiger partial charge in [-0.05, 0) is 110 Å². The third-order valence-electron chi connectivity index (χ3n) is 10.5. The number of hydrogen-bond donors (Lipinski definition) is 0. The predicted molar refractivity (Wildman–Crippen MR) is 243 cm³/mol. The maximum absolute atomic E-state index is 10.1. The van der Waals surface area contributed by atoms with E-state index < -0.39 is 248 Å². The van der Waals surface area contributed by atoms with Crippen molar-refractivity contribution in [3.63, 3.8) is 0 Å². The molecule has 0 N–H and O–H groups in total. The fourth-order valence-corrected chi connectivity index (χ4v) is 9.18. The van der Waals surface area contributed by atoms with Crippen LogP contribution in [0.15, 0.2) is 204 Å². The van der Waals surface area contributed by atoms with E-state index in [9.17, 15) is 19.2 Å². The number of para-hydroxylation sites is 1. The molecule has 2 aliphatic carbocycles. The van der Waals surface area contributed by atoms with E-state index in [1.165, 1.54) is 12.1 Å². The van der Waals surface area contributed by atoms with E-state index in [-0.39, 0.29) is 47.7 Å². The zero-order chi connectivity index (χ0) is 63.2. The van der Waals surface area contributed by atoms with Crippen LogP contribution in [0.3, 0.4) is 0 Å². The second-order valence-electron chi connectivity index (χ2n) is 13.3. The Hall–Kier alpha value is -7.20. The van der Waals surface area contributed by atoms with Crippen molar-refractivity contribution in [2.45, 2.75) is 5.41 Å². The van der Waals surface area contributed by atoms with Gasteiger partial charge < -0.3 is 9.32 Å². The molecule has 0 saturated carbocycles. The first kappa shape index (κ1) is 14.9. The highest BCUT2D eigenvalue weighted by atomic mass is 32.1. The van der Waals surface area contributed by atoms with Crippen LogP contribution in [0.1, 0.15) is 62.0 Å². The summed E-state index contributed by atoms with van der Waals surface area (Å²) in [5.74, 6) is 0. The molecule has 1 unspecified atom stereocenters. The monoisotopic (exact) mass is 784 g/mol. The van der Waals surface area contributed by atoms with Crippen molar-refractivity contribution in [2.75, 3.05) is 4.90 Å². The number of thiophene rings is 1. The minimum atomic E-state index is -2.58. The van der Waals surface area contributed by atoms with Crippen molar-refractivity contribution in [3.8, 4) is 33.4 Å². The van der Waals surface area contributed by atoms with Crippen LogP contribution in [0.4, 0.5) is 17.1 Å². The second kappa shape index (κ2) is 11.9. The van der Waals surface area contributed by atoms with Crippen molar-refractivity contribution >= 4 is 70.5 Å². The summed E-state index contributed by atoms with van der Waals surface area (Å²) in [5, 5.41) is -0.397. The van der Waals surface area contributed by atoms with Gasteiger partial charge in [0.2, 0.25) is 0 Å². The molecule has 58 heavy (non-hydrogen) atoms. The molecule has 1 spiro atoms. The molecule has 2 nitrogen and oxygen atoms in total. The first-order chi connectivity index (χ1) is 40.8. The van der Waals surface area contributed by atoms with Gasteiger partial charge in [-0.2, -0.15) is 0 Å². The van der Waals surface area contributed by atoms with E-state index in [0.29, 0.717) is 0 Å². The van der Waals surface area contributed by atoms with Gasteiger partial charge in [0, 0.05) is 48.4 Å². The smallest absolute Gasteiger partial charge is 0.137 e. The molecule has 2 aliphatic rings. The third kappa shape index (κ3) is 4.26. The molecule has 2 aromatic heterocycles. The van der Waals surface area contributed by atoms with Crippen molar-refractivity contribution in [3.05, 3.63) is 222 Å². The molecular weight excluding hydrogens is 723 g/mol. The Bertz CT molecular complexity index is 5160. The SMILES string of the molecule is [2H]c1cc2c(c([2H])c1[2H])-c1c([2H])c([2H])c([2H])c([2H])c1C21c2c([2H])c([2H])c([2H])c([2H])c2-c2c([2H])c(-c3c([2H])c([2H])c(N(c4ccc5c(oc6c([2H])c([2H])c([2H])c([2H])c65)c4[2H])c4c([2H])c([2H])c([2H])c5sc6c([2H])c([2H])c([2H])cc6c45)c([2H])c3[2H])c([2H])c([2H])c21. The van der Waals surface area contributed by atoms with E-state index in [0.717, 1.165) is 28.4 Å². The number of nitrogens with zero attached hydrogens (tertiary/aromatic N) is 1. The molecule has 2 heterocycles. The Morgan fingerprint density at radius 3 is 1.97 bits per heavy atom. The highest BCUT2D eigenvalue weighted by Gasteiger charge is 2.51. The number of furan rings is 1. The Kier molecular flexibility index (Phi) is 3.07. The highest BCUT2D eigenvalue weighted by molar-refractivity contribution is 7.26. The molecule has 0 radical (unpaired) electrons. The fraction of sp³-hybridized carbons (Fsp3) is 0.0182. The van der Waals surface area contributed by atoms with E-state index in [4.69, 9.17) is 25.0 Å². The van der Waals surface area contributed by atoms with E-state index in [1.807, 2.05) is 0 Å². The molecule has 11 aromatic rings. The normalized spacial score (nSPS) is 22.0. The molecule has 13 rings (SSSR count). The van der Waals surface area contributed by atoms with Crippen LogP contribution in [0.5, 0.6) is 0 Å². The minimum absolute atomic E-state index is 0.00361. The quantitative estimate of drug-likeness (QED) is 0.177. The minimum Gasteiger partial charge on any atom is -0.456 e. The molecule has 0 amide bonds. The number of fused-ring (bicyclic) bond motifs is 16. The molecule has 0 fully saturated rings. The lowest BCUT2D eigenvalue weighted by Crippen LogP contribution is -2.25. The summed E-state index contributed by atoms with van der Waals surface area (Å²) in [5.41, 5.74) is -10.8. The Morgan fingerprint density at radius 1 is 0.431 bits per heavy atom. The van der Waals surface area contributed by atoms with Crippen LogP contribution in [0.2, 0.25) is 0 Å². The molecule has 0 saturated heterocycles. The molecular formula is C55H33NOS. The average Bonchev–Trinajstić information content (AvgIpc) is 1.49. The van der Waals surface area contributed by atoms with E-state index >= 15 is 0 Å². The summed E-state index contributed by atoms with van der Waals surface area (Å²) >= 11 is 0.740. The van der Waals surface area contributed by atoms with Gasteiger partial charge in [-0.1, -0.05) is 139 Å². The van der Waals surface area contributed by atoms with Gasteiger partial charge in [0.15, 0.2) is 0 Å². The maximum atomic E-state index is 10.1. The molecule has 9 aromatic carbocycles. The van der Waals surface area contributed by atoms with Crippen molar-refractivity contribution < 1.29 is 44.2 Å². The summed E-state index contributed by atoms with van der Waals surface area (Å²) in [7, 11) is 0. The van der Waals surface area contributed by atoms with Gasteiger partial charge in [-0.25, -0.2) is 0 Å². The van der Waals surface area contributed by atoms with Gasteiger partial charge in [0.05, 0.1) is 50.9 Å². The molecule has 270 valence electrons. The molecule has 1 atom stereocenters. The Morgan fingerprint density at radius 2 is 1.10 bits per heavy atom. The average molecular weight is 785 g/mol. The lowest BCUT2D eigenvalue weighted by molar-refractivity contribution is 0.669. The van der Waals surface area contributed by atoms with Gasteiger partial charge in [-0.15, -0.1) is 11.3 Å². The van der Waals surface area contributed by atoms with Gasteiger partial charge in [0.25, 0.3) is 0 Å². The molecule has 0 aliphatic heterocycles. The van der Waals surface area contributed by atoms with Gasteiger partial charge in [-0.3, -0.25) is 0 Å². The van der Waals surface area contributed by atoms with Crippen molar-refractivity contribution in [2.24, 2.45) is 0 Å². The van der Waals surface area contributed by atoms with Gasteiger partial charge in [0.1, 0.15) is 11.2 Å². The first-order valence-electron chi connectivity index (χ1n) is 32.1. The Labute approximate surface area is 380 Å². The van der Waals surface area contributed by atoms with Crippen LogP contribution in [-0.4, -0.2) is 0 Å². The lowest BCUT2D eigenvalue weighted by Gasteiger charge is -2.30. The van der Waals surface area contributed by atoms with E-state index in [2.05, 4.69) is 0 Å². The van der Waals surface area contributed by atoms with Crippen molar-refractivity contribution in [1.29, 1.82) is 0 Å². The summed E-state index contributed by atoms with van der Waals surface area (Å²) in [6.07, 6.45) is 0. The first-order valence-corrected chi connectivity index (χ1v) is 18.4. The number of rotatable bonds is 4. The van der Waals surface area contributed by atoms with Crippen LogP contribution < -0.4 is 4.90 Å². The van der Waals surface area contributed by atoms with Crippen molar-refractivity contribution in [1.82, 2.24) is 0 Å². The number of hydrogen-bond acceptors (Lipinski definition) is 3. The van der Waals surface area contributed by atoms with E-state index in [1.54, 1.807) is 0 Å². The fourth-order valence-electron chi connectivity index (χ4n) is 8.19. The van der Waals surface area contributed by atoms with Crippen LogP contribution in [0, 0.1) is 0 Å². The lowest BCUT2D eigenvalue weighted by atomic mass is 9.70. The van der Waals surface area contributed by atoms with Gasteiger partial charge >= 0.3 is 0 Å². The maximum Gasteiger partial charge on any atom is 0.137 e. The Balaban J connectivity index is 1.17. The summed E-state index contributed by atoms with van der Waals surface area (Å²) < 4.78 is 273. The summed E-state index contributed by atoms with van der Waals surface area (Å²) in [6, 6.07) is -18.5. The molecule has 3 heteroatoms. The second-order valence-corrected chi connectivity index (χ2v) is 14.4. The predicted octanol–water partition coefficient (Wildman–Crippen LogP) is 15.4. The number of anilines is 3. The highest BCUT2D eigenvalue weighted by Crippen LogP contribution is 2.63. The zero-order valence-electron chi connectivity index (χ0n) is 58.1. The van der Waals surface area contributed by atoms with Crippen LogP contribution in [0.25, 0.3) is 75.5 Å². The largest absolute Gasteiger partial charge is 0.456 e. The molecule has 0 bridgehead atoms. The standard InChI is InChI=1S/C55H33NOS/c1-6-17-45-38(12-1)39-13-2-7-18-46(39)55(45)47-19-8-3-14-40(47)44-32-35(26-31-48(44)55)34-24-27-36(28-25-34)56(37-29-30-42-41-15-4-9-21-50(41)57-51(42)33-37)49-20-11-23-53-54(49)43-16-5-10-22-52(43)58-53/h1-33H/i1D,2D,3D,4D,5D,6D,7D,8D,9D,10D,11D,12D,13D,14D,15D,17D,19D,20D,21D,22D,23D,24D,25D,26D,27D,28D,31D,32D,33D. The number of benzene rings is 9. The third-order valence-corrected chi connectivity index (χ3v) is 11.6. The zero-order valence-corrected chi connectivity index (χ0v) is 29.9. The van der Waals surface area contributed by atoms with Crippen LogP contribution in [-0.2, 0) is 5.41 Å². The summed E-state index contributed by atoms with van der Waals surface area (Å²) in [4.78, 5) is 0.864. The summed E-state index contributed by atoms with van der Waals surface area (Å²) in [6.45, 7) is 0.